The molecule has 20 heavy (non-hydrogen) atoms. The van der Waals surface area contributed by atoms with Crippen molar-refractivity contribution in [1.82, 2.24) is 10.6 Å². The van der Waals surface area contributed by atoms with Crippen LogP contribution in [-0.4, -0.2) is 37.4 Å². The molecule has 1 aromatic rings. The summed E-state index contributed by atoms with van der Waals surface area (Å²) < 4.78 is 5.26. The lowest BCUT2D eigenvalue weighted by Gasteiger charge is -2.22. The van der Waals surface area contributed by atoms with E-state index in [4.69, 9.17) is 4.74 Å². The third-order valence-corrected chi connectivity index (χ3v) is 3.30. The van der Waals surface area contributed by atoms with Gasteiger partial charge in [-0.1, -0.05) is 12.2 Å². The van der Waals surface area contributed by atoms with Gasteiger partial charge in [0.05, 0.1) is 19.8 Å². The summed E-state index contributed by atoms with van der Waals surface area (Å²) in [6.07, 6.45) is 0. The number of amides is 2. The summed E-state index contributed by atoms with van der Waals surface area (Å²) in [6.45, 7) is 8.77. The molecule has 0 saturated carbocycles. The van der Waals surface area contributed by atoms with E-state index in [1.165, 1.54) is 11.3 Å². The van der Waals surface area contributed by atoms with Gasteiger partial charge in [0, 0.05) is 6.54 Å². The Morgan fingerprint density at radius 1 is 1.55 bits per heavy atom. The number of hydrogen-bond donors (Lipinski definition) is 3. The molecule has 6 heteroatoms. The van der Waals surface area contributed by atoms with Gasteiger partial charge in [0.25, 0.3) is 0 Å². The first-order valence-electron chi connectivity index (χ1n) is 6.40. The summed E-state index contributed by atoms with van der Waals surface area (Å²) in [6, 6.07) is 1.52. The van der Waals surface area contributed by atoms with Crippen LogP contribution in [0.15, 0.2) is 29.0 Å². The van der Waals surface area contributed by atoms with E-state index >= 15 is 0 Å². The molecule has 0 spiro atoms. The molecule has 1 aromatic heterocycles. The molecule has 0 aliphatic rings. The Balaban J connectivity index is 2.18. The van der Waals surface area contributed by atoms with Crippen LogP contribution < -0.4 is 10.6 Å². The Morgan fingerprint density at radius 3 is 2.90 bits per heavy atom. The molecular formula is C14H22N2O3S. The van der Waals surface area contributed by atoms with Crippen LogP contribution in [0.1, 0.15) is 19.4 Å². The maximum absolute atomic E-state index is 11.6. The van der Waals surface area contributed by atoms with Gasteiger partial charge in [-0.25, -0.2) is 4.79 Å². The van der Waals surface area contributed by atoms with Crippen molar-refractivity contribution in [2.75, 3.05) is 26.3 Å². The van der Waals surface area contributed by atoms with Gasteiger partial charge in [-0.3, -0.25) is 0 Å². The summed E-state index contributed by atoms with van der Waals surface area (Å²) in [7, 11) is 0. The molecule has 0 bridgehead atoms. The van der Waals surface area contributed by atoms with E-state index in [1.54, 1.807) is 6.92 Å². The Morgan fingerprint density at radius 2 is 2.30 bits per heavy atom. The van der Waals surface area contributed by atoms with Crippen molar-refractivity contribution in [2.45, 2.75) is 19.4 Å². The Bertz CT molecular complexity index is 430. The fraction of sp³-hybridized carbons (Fsp3) is 0.500. The summed E-state index contributed by atoms with van der Waals surface area (Å²) in [5, 5.41) is 19.3. The number of aliphatic hydroxyl groups is 1. The number of thiophene rings is 1. The molecule has 0 saturated heterocycles. The monoisotopic (exact) mass is 298 g/mol. The number of urea groups is 1. The van der Waals surface area contributed by atoms with Crippen LogP contribution in [0.4, 0.5) is 4.79 Å². The van der Waals surface area contributed by atoms with Crippen molar-refractivity contribution in [3.8, 4) is 0 Å². The van der Waals surface area contributed by atoms with E-state index in [1.807, 2.05) is 23.8 Å². The van der Waals surface area contributed by atoms with Crippen LogP contribution in [0.3, 0.4) is 0 Å². The molecule has 1 atom stereocenters. The maximum atomic E-state index is 11.6. The molecule has 112 valence electrons. The average molecular weight is 298 g/mol. The van der Waals surface area contributed by atoms with Crippen molar-refractivity contribution in [3.05, 3.63) is 34.5 Å². The molecule has 1 heterocycles. The zero-order valence-electron chi connectivity index (χ0n) is 11.9. The first kappa shape index (κ1) is 16.7. The highest BCUT2D eigenvalue weighted by atomic mass is 32.1. The lowest BCUT2D eigenvalue weighted by molar-refractivity contribution is 0.0597. The zero-order chi connectivity index (χ0) is 15.0. The molecule has 1 unspecified atom stereocenters. The van der Waals surface area contributed by atoms with Crippen molar-refractivity contribution >= 4 is 17.4 Å². The van der Waals surface area contributed by atoms with E-state index in [9.17, 15) is 9.90 Å². The zero-order valence-corrected chi connectivity index (χ0v) is 12.8. The summed E-state index contributed by atoms with van der Waals surface area (Å²) in [4.78, 5) is 11.6. The second-order valence-electron chi connectivity index (χ2n) is 4.91. The molecular weight excluding hydrogens is 276 g/mol. The van der Waals surface area contributed by atoms with E-state index in [-0.39, 0.29) is 12.6 Å². The molecule has 1 rings (SSSR count). The van der Waals surface area contributed by atoms with Crippen molar-refractivity contribution in [3.63, 3.8) is 0 Å². The number of ether oxygens (including phenoxy) is 1. The summed E-state index contributed by atoms with van der Waals surface area (Å²) in [5.41, 5.74) is 0.683. The topological polar surface area (TPSA) is 70.6 Å². The van der Waals surface area contributed by atoms with Crippen LogP contribution >= 0.6 is 11.3 Å². The summed E-state index contributed by atoms with van der Waals surface area (Å²) in [5.74, 6) is 0. The van der Waals surface area contributed by atoms with Gasteiger partial charge in [-0.2, -0.15) is 11.3 Å². The predicted molar refractivity (Wildman–Crippen MR) is 80.9 cm³/mol. The Labute approximate surface area is 123 Å². The first-order valence-corrected chi connectivity index (χ1v) is 7.35. The highest BCUT2D eigenvalue weighted by Crippen LogP contribution is 2.21. The molecule has 0 aromatic carbocycles. The highest BCUT2D eigenvalue weighted by Gasteiger charge is 2.23. The Kier molecular flexibility index (Phi) is 6.70. The second-order valence-corrected chi connectivity index (χ2v) is 5.69. The molecule has 0 fully saturated rings. The fourth-order valence-corrected chi connectivity index (χ4v) is 2.25. The standard InChI is InChI=1S/C14H22N2O3S/c1-11(2)8-19-6-5-15-13(17)16-10-14(3,18)12-4-7-20-9-12/h4,7,9,18H,1,5-6,8,10H2,2-3H3,(H2,15,16,17). The number of rotatable bonds is 8. The number of carbonyl (C=O) groups excluding carboxylic acids is 1. The summed E-state index contributed by atoms with van der Waals surface area (Å²) >= 11 is 1.51. The largest absolute Gasteiger partial charge is 0.384 e. The quantitative estimate of drug-likeness (QED) is 0.507. The van der Waals surface area contributed by atoms with Crippen LogP contribution in [0.25, 0.3) is 0 Å². The Hall–Kier alpha value is -1.37. The molecule has 0 aliphatic carbocycles. The average Bonchev–Trinajstić information content (AvgIpc) is 2.90. The van der Waals surface area contributed by atoms with Gasteiger partial charge < -0.3 is 20.5 Å². The fourth-order valence-electron chi connectivity index (χ4n) is 1.47. The van der Waals surface area contributed by atoms with E-state index in [2.05, 4.69) is 17.2 Å². The third kappa shape index (κ3) is 6.18. The molecule has 3 N–H and O–H groups in total. The molecule has 0 radical (unpaired) electrons. The normalized spacial score (nSPS) is 13.6. The van der Waals surface area contributed by atoms with Crippen molar-refractivity contribution < 1.29 is 14.6 Å². The number of hydrogen-bond acceptors (Lipinski definition) is 4. The van der Waals surface area contributed by atoms with Crippen molar-refractivity contribution in [1.29, 1.82) is 0 Å². The van der Waals surface area contributed by atoms with Gasteiger partial charge in [0.1, 0.15) is 5.60 Å². The molecule has 5 nitrogen and oxygen atoms in total. The lowest BCUT2D eigenvalue weighted by atomic mass is 9.99. The van der Waals surface area contributed by atoms with Crippen LogP contribution in [0, 0.1) is 0 Å². The predicted octanol–water partition coefficient (Wildman–Crippen LogP) is 1.85. The van der Waals surface area contributed by atoms with Crippen LogP contribution in [0.5, 0.6) is 0 Å². The van der Waals surface area contributed by atoms with E-state index in [0.717, 1.165) is 11.1 Å². The minimum Gasteiger partial charge on any atom is -0.384 e. The SMILES string of the molecule is C=C(C)COCCNC(=O)NCC(C)(O)c1ccsc1. The van der Waals surface area contributed by atoms with Gasteiger partial charge in [0.2, 0.25) is 0 Å². The smallest absolute Gasteiger partial charge is 0.314 e. The van der Waals surface area contributed by atoms with Crippen LogP contribution in [0.2, 0.25) is 0 Å². The minimum atomic E-state index is -1.06. The highest BCUT2D eigenvalue weighted by molar-refractivity contribution is 7.08. The van der Waals surface area contributed by atoms with Gasteiger partial charge in [-0.15, -0.1) is 0 Å². The van der Waals surface area contributed by atoms with Gasteiger partial charge in [0.15, 0.2) is 0 Å². The van der Waals surface area contributed by atoms with E-state index < -0.39 is 5.60 Å². The van der Waals surface area contributed by atoms with Gasteiger partial charge in [-0.05, 0) is 36.2 Å². The second kappa shape index (κ2) is 8.04. The third-order valence-electron chi connectivity index (χ3n) is 2.62. The van der Waals surface area contributed by atoms with Crippen LogP contribution in [-0.2, 0) is 10.3 Å². The number of nitrogens with one attached hydrogen (secondary N) is 2. The lowest BCUT2D eigenvalue weighted by Crippen LogP contribution is -2.44. The van der Waals surface area contributed by atoms with E-state index in [0.29, 0.717) is 19.8 Å². The van der Waals surface area contributed by atoms with Crippen molar-refractivity contribution in [2.24, 2.45) is 0 Å². The number of carbonyl (C=O) groups is 1. The molecule has 2 amide bonds. The first-order chi connectivity index (χ1) is 9.42. The minimum absolute atomic E-state index is 0.155. The maximum Gasteiger partial charge on any atom is 0.314 e. The van der Waals surface area contributed by atoms with Gasteiger partial charge >= 0.3 is 6.03 Å². The molecule has 0 aliphatic heterocycles.